The maximum atomic E-state index is 10.0. The number of rotatable bonds is 2. The highest BCUT2D eigenvalue weighted by molar-refractivity contribution is 7.19. The number of hydrogen-bond acceptors (Lipinski definition) is 5. The second-order valence-electron chi connectivity index (χ2n) is 3.92. The van der Waals surface area contributed by atoms with Gasteiger partial charge in [-0.15, -0.1) is 0 Å². The molecule has 0 saturated carbocycles. The van der Waals surface area contributed by atoms with E-state index in [4.69, 9.17) is 34.8 Å². The molecule has 0 atom stereocenters. The summed E-state index contributed by atoms with van der Waals surface area (Å²) >= 11 is 18.9. The van der Waals surface area contributed by atoms with Crippen LogP contribution in [0.2, 0.25) is 15.1 Å². The molecule has 0 aliphatic carbocycles. The fourth-order valence-electron chi connectivity index (χ4n) is 1.45. The fraction of sp³-hybridized carbons (Fsp3) is 0.182. The maximum Gasteiger partial charge on any atom is 0.185 e. The van der Waals surface area contributed by atoms with E-state index in [1.165, 1.54) is 11.3 Å². The third kappa shape index (κ3) is 2.43. The van der Waals surface area contributed by atoms with Crippen molar-refractivity contribution in [1.82, 2.24) is 4.98 Å². The van der Waals surface area contributed by atoms with E-state index in [0.29, 0.717) is 4.88 Å². The largest absolute Gasteiger partial charge is 0.506 e. The van der Waals surface area contributed by atoms with Crippen LogP contribution in [-0.4, -0.2) is 29.3 Å². The van der Waals surface area contributed by atoms with Crippen molar-refractivity contribution < 1.29 is 10.2 Å². The van der Waals surface area contributed by atoms with Crippen LogP contribution in [0.5, 0.6) is 11.5 Å². The van der Waals surface area contributed by atoms with Gasteiger partial charge in [0.1, 0.15) is 15.8 Å². The first-order valence-corrected chi connectivity index (χ1v) is 7.01. The average molecular weight is 340 g/mol. The van der Waals surface area contributed by atoms with Gasteiger partial charge in [-0.2, -0.15) is 0 Å². The van der Waals surface area contributed by atoms with Crippen LogP contribution in [-0.2, 0) is 0 Å². The van der Waals surface area contributed by atoms with Crippen molar-refractivity contribution in [2.75, 3.05) is 19.0 Å². The Kier molecular flexibility index (Phi) is 4.01. The topological polar surface area (TPSA) is 56.6 Å². The first-order chi connectivity index (χ1) is 8.84. The van der Waals surface area contributed by atoms with Gasteiger partial charge in [-0.1, -0.05) is 46.1 Å². The molecule has 2 aromatic rings. The minimum atomic E-state index is -0.360. The smallest absolute Gasteiger partial charge is 0.185 e. The Bertz CT molecular complexity index is 614. The number of hydrogen-bond donors (Lipinski definition) is 2. The third-order valence-corrected chi connectivity index (χ3v) is 4.78. The Morgan fingerprint density at radius 1 is 1.05 bits per heavy atom. The lowest BCUT2D eigenvalue weighted by Crippen LogP contribution is -2.07. The number of aromatic nitrogens is 1. The van der Waals surface area contributed by atoms with E-state index in [1.807, 2.05) is 19.0 Å². The Morgan fingerprint density at radius 3 is 2.16 bits per heavy atom. The van der Waals surface area contributed by atoms with Crippen molar-refractivity contribution in [3.63, 3.8) is 0 Å². The van der Waals surface area contributed by atoms with Crippen LogP contribution in [0.1, 0.15) is 0 Å². The molecule has 1 aromatic carbocycles. The number of anilines is 1. The van der Waals surface area contributed by atoms with Crippen LogP contribution in [0, 0.1) is 0 Å². The monoisotopic (exact) mass is 338 g/mol. The molecule has 102 valence electrons. The first kappa shape index (κ1) is 14.5. The highest BCUT2D eigenvalue weighted by Crippen LogP contribution is 2.51. The van der Waals surface area contributed by atoms with Gasteiger partial charge in [-0.05, 0) is 0 Å². The van der Waals surface area contributed by atoms with Gasteiger partial charge in [-0.25, -0.2) is 4.98 Å². The molecule has 0 radical (unpaired) electrons. The van der Waals surface area contributed by atoms with Gasteiger partial charge >= 0.3 is 0 Å². The van der Waals surface area contributed by atoms with E-state index in [-0.39, 0.29) is 32.1 Å². The average Bonchev–Trinajstić information content (AvgIpc) is 2.84. The molecule has 0 saturated heterocycles. The van der Waals surface area contributed by atoms with Crippen molar-refractivity contribution in [2.45, 2.75) is 0 Å². The summed E-state index contributed by atoms with van der Waals surface area (Å²) in [5.74, 6) is -0.635. The Labute approximate surface area is 128 Å². The molecule has 2 rings (SSSR count). The molecule has 8 heteroatoms. The van der Waals surface area contributed by atoms with Crippen LogP contribution >= 0.6 is 46.1 Å². The third-order valence-electron chi connectivity index (χ3n) is 2.40. The highest BCUT2D eigenvalue weighted by atomic mass is 35.5. The van der Waals surface area contributed by atoms with Gasteiger partial charge < -0.3 is 15.1 Å². The lowest BCUT2D eigenvalue weighted by Gasteiger charge is -2.11. The second-order valence-corrected chi connectivity index (χ2v) is 6.06. The summed E-state index contributed by atoms with van der Waals surface area (Å²) in [4.78, 5) is 6.57. The maximum absolute atomic E-state index is 10.0. The Morgan fingerprint density at radius 2 is 1.63 bits per heavy atom. The predicted octanol–water partition coefficient (Wildman–Crippen LogP) is 4.25. The minimum absolute atomic E-state index is 0.0548. The molecule has 0 bridgehead atoms. The van der Waals surface area contributed by atoms with E-state index in [1.54, 1.807) is 6.20 Å². The molecule has 0 aliphatic heterocycles. The number of halogens is 3. The Balaban J connectivity index is 2.68. The number of phenolic OH excluding ortho intramolecular Hbond substituents is 2. The van der Waals surface area contributed by atoms with Crippen LogP contribution in [0.15, 0.2) is 6.20 Å². The van der Waals surface area contributed by atoms with E-state index >= 15 is 0 Å². The zero-order valence-corrected chi connectivity index (χ0v) is 13.0. The number of aromatic hydroxyl groups is 2. The lowest BCUT2D eigenvalue weighted by atomic mass is 10.1. The fourth-order valence-corrected chi connectivity index (χ4v) is 3.10. The zero-order valence-electron chi connectivity index (χ0n) is 9.91. The summed E-state index contributed by atoms with van der Waals surface area (Å²) in [7, 11) is 3.69. The molecule has 0 amide bonds. The summed E-state index contributed by atoms with van der Waals surface area (Å²) in [5, 5.41) is 20.2. The summed E-state index contributed by atoms with van der Waals surface area (Å²) in [6.07, 6.45) is 1.55. The van der Waals surface area contributed by atoms with Crippen LogP contribution in [0.3, 0.4) is 0 Å². The van der Waals surface area contributed by atoms with Crippen molar-refractivity contribution in [3.8, 4) is 21.9 Å². The first-order valence-electron chi connectivity index (χ1n) is 5.06. The SMILES string of the molecule is CN(C)c1ncc(-c2c(O)c(Cl)c(Cl)c(O)c2Cl)s1. The second kappa shape index (κ2) is 5.25. The predicted molar refractivity (Wildman–Crippen MR) is 80.2 cm³/mol. The van der Waals surface area contributed by atoms with Gasteiger partial charge in [0.05, 0.1) is 15.5 Å². The van der Waals surface area contributed by atoms with Gasteiger partial charge in [-0.3, -0.25) is 0 Å². The standard InChI is InChI=1S/C11H9Cl3N2O2S/c1-16(2)11-15-3-4(19-11)5-6(12)10(18)8(14)7(13)9(5)17/h3,17-18H,1-2H3. The summed E-state index contributed by atoms with van der Waals surface area (Å²) < 4.78 is 0. The highest BCUT2D eigenvalue weighted by Gasteiger charge is 2.23. The van der Waals surface area contributed by atoms with Gasteiger partial charge in [0.15, 0.2) is 10.9 Å². The molecular formula is C11H9Cl3N2O2S. The number of thiazole rings is 1. The lowest BCUT2D eigenvalue weighted by molar-refractivity contribution is 0.462. The van der Waals surface area contributed by atoms with E-state index in [9.17, 15) is 10.2 Å². The van der Waals surface area contributed by atoms with Crippen molar-refractivity contribution in [2.24, 2.45) is 0 Å². The van der Waals surface area contributed by atoms with Gasteiger partial charge in [0, 0.05) is 20.3 Å². The van der Waals surface area contributed by atoms with Crippen LogP contribution in [0.25, 0.3) is 10.4 Å². The quantitative estimate of drug-likeness (QED) is 0.634. The Hall–Kier alpha value is -0.880. The van der Waals surface area contributed by atoms with Gasteiger partial charge in [0.25, 0.3) is 0 Å². The van der Waals surface area contributed by atoms with Crippen molar-refractivity contribution in [3.05, 3.63) is 21.3 Å². The molecular weight excluding hydrogens is 331 g/mol. The summed E-state index contributed by atoms with van der Waals surface area (Å²) in [6, 6.07) is 0. The number of phenols is 2. The minimum Gasteiger partial charge on any atom is -0.506 e. The molecule has 4 nitrogen and oxygen atoms in total. The normalized spacial score (nSPS) is 10.8. The summed E-state index contributed by atoms with van der Waals surface area (Å²) in [5.41, 5.74) is 0.221. The molecule has 1 heterocycles. The van der Waals surface area contributed by atoms with Crippen LogP contribution in [0.4, 0.5) is 5.13 Å². The van der Waals surface area contributed by atoms with Crippen LogP contribution < -0.4 is 4.90 Å². The van der Waals surface area contributed by atoms with Crippen molar-refractivity contribution >= 4 is 51.3 Å². The zero-order chi connectivity index (χ0) is 14.3. The molecule has 0 unspecified atom stereocenters. The molecule has 0 spiro atoms. The number of benzene rings is 1. The molecule has 1 aromatic heterocycles. The number of nitrogens with zero attached hydrogens (tertiary/aromatic N) is 2. The molecule has 19 heavy (non-hydrogen) atoms. The van der Waals surface area contributed by atoms with E-state index in [2.05, 4.69) is 4.98 Å². The molecule has 0 fully saturated rings. The molecule has 0 aliphatic rings. The van der Waals surface area contributed by atoms with E-state index < -0.39 is 0 Å². The van der Waals surface area contributed by atoms with Gasteiger partial charge in [0.2, 0.25) is 0 Å². The molecule has 2 N–H and O–H groups in total. The summed E-state index contributed by atoms with van der Waals surface area (Å²) in [6.45, 7) is 0. The van der Waals surface area contributed by atoms with Crippen molar-refractivity contribution in [1.29, 1.82) is 0 Å². The van der Waals surface area contributed by atoms with E-state index in [0.717, 1.165) is 5.13 Å².